The highest BCUT2D eigenvalue weighted by molar-refractivity contribution is 7.13. The maximum Gasteiger partial charge on any atom is 0.276 e. The summed E-state index contributed by atoms with van der Waals surface area (Å²) in [5.41, 5.74) is 5.68. The van der Waals surface area contributed by atoms with Crippen molar-refractivity contribution in [3.05, 3.63) is 22.9 Å². The van der Waals surface area contributed by atoms with Crippen molar-refractivity contribution in [2.45, 2.75) is 6.92 Å². The number of hydrogen-bond acceptors (Lipinski definition) is 6. The lowest BCUT2D eigenvalue weighted by Crippen LogP contribution is -2.12. The normalized spacial score (nSPS) is 10.2. The zero-order chi connectivity index (χ0) is 10.8. The predicted octanol–water partition coefficient (Wildman–Crippen LogP) is 1.27. The Morgan fingerprint density at radius 3 is 3.00 bits per heavy atom. The largest absolute Gasteiger partial charge is 0.375 e. The Bertz CT molecular complexity index is 490. The number of carbonyl (C=O) groups excluding carboxylic acids is 1. The standard InChI is InChI=1S/C8H8N4O2S/c1-4-2-6(12-14-4)11-7(13)5-3-15-8(9)10-5/h2-3H,1H3,(H2,9,10)(H,11,12,13). The molecule has 78 valence electrons. The van der Waals surface area contributed by atoms with Gasteiger partial charge in [0.1, 0.15) is 11.5 Å². The summed E-state index contributed by atoms with van der Waals surface area (Å²) >= 11 is 1.21. The molecule has 1 amide bonds. The summed E-state index contributed by atoms with van der Waals surface area (Å²) in [6, 6.07) is 1.62. The molecular formula is C8H8N4O2S. The van der Waals surface area contributed by atoms with Crippen LogP contribution in [0.1, 0.15) is 16.2 Å². The van der Waals surface area contributed by atoms with Crippen molar-refractivity contribution in [3.63, 3.8) is 0 Å². The topological polar surface area (TPSA) is 94.0 Å². The molecule has 0 saturated carbocycles. The van der Waals surface area contributed by atoms with Gasteiger partial charge in [-0.2, -0.15) is 0 Å². The molecule has 0 saturated heterocycles. The third kappa shape index (κ3) is 2.13. The number of nitrogens with zero attached hydrogens (tertiary/aromatic N) is 2. The van der Waals surface area contributed by atoms with Gasteiger partial charge in [0, 0.05) is 11.4 Å². The lowest BCUT2D eigenvalue weighted by atomic mass is 10.4. The van der Waals surface area contributed by atoms with E-state index in [9.17, 15) is 4.79 Å². The highest BCUT2D eigenvalue weighted by Crippen LogP contribution is 2.13. The van der Waals surface area contributed by atoms with Gasteiger partial charge in [-0.3, -0.25) is 4.79 Å². The fraction of sp³-hybridized carbons (Fsp3) is 0.125. The summed E-state index contributed by atoms with van der Waals surface area (Å²) in [6.07, 6.45) is 0. The number of nitrogens with one attached hydrogen (secondary N) is 1. The summed E-state index contributed by atoms with van der Waals surface area (Å²) in [7, 11) is 0. The van der Waals surface area contributed by atoms with E-state index in [2.05, 4.69) is 15.5 Å². The number of hydrogen-bond donors (Lipinski definition) is 2. The van der Waals surface area contributed by atoms with Gasteiger partial charge in [0.25, 0.3) is 5.91 Å². The Morgan fingerprint density at radius 1 is 1.67 bits per heavy atom. The van der Waals surface area contributed by atoms with Crippen LogP contribution in [0.2, 0.25) is 0 Å². The minimum Gasteiger partial charge on any atom is -0.375 e. The number of anilines is 2. The molecule has 0 aliphatic carbocycles. The molecule has 0 aliphatic rings. The molecule has 15 heavy (non-hydrogen) atoms. The molecule has 0 aliphatic heterocycles. The average molecular weight is 224 g/mol. The number of aromatic nitrogens is 2. The smallest absolute Gasteiger partial charge is 0.276 e. The van der Waals surface area contributed by atoms with Crippen LogP contribution in [0.25, 0.3) is 0 Å². The van der Waals surface area contributed by atoms with Crippen LogP contribution in [-0.4, -0.2) is 16.0 Å². The first-order chi connectivity index (χ1) is 7.15. The maximum atomic E-state index is 11.5. The van der Waals surface area contributed by atoms with Crippen molar-refractivity contribution in [2.75, 3.05) is 11.1 Å². The van der Waals surface area contributed by atoms with Crippen LogP contribution < -0.4 is 11.1 Å². The first-order valence-corrected chi connectivity index (χ1v) is 4.99. The highest BCUT2D eigenvalue weighted by Gasteiger charge is 2.11. The number of nitrogen functional groups attached to an aromatic ring is 1. The average Bonchev–Trinajstić information content (AvgIpc) is 2.75. The van der Waals surface area contributed by atoms with Gasteiger partial charge < -0.3 is 15.6 Å². The lowest BCUT2D eigenvalue weighted by Gasteiger charge is -1.95. The number of aryl methyl sites for hydroxylation is 1. The second-order valence-electron chi connectivity index (χ2n) is 2.85. The van der Waals surface area contributed by atoms with Gasteiger partial charge in [-0.1, -0.05) is 5.16 Å². The summed E-state index contributed by atoms with van der Waals surface area (Å²) < 4.78 is 4.80. The molecule has 0 fully saturated rings. The molecule has 2 aromatic heterocycles. The van der Waals surface area contributed by atoms with Crippen LogP contribution >= 0.6 is 11.3 Å². The Kier molecular flexibility index (Phi) is 2.38. The van der Waals surface area contributed by atoms with Gasteiger partial charge in [0.05, 0.1) is 0 Å². The van der Waals surface area contributed by atoms with E-state index in [0.717, 1.165) is 0 Å². The minimum absolute atomic E-state index is 0.276. The van der Waals surface area contributed by atoms with Gasteiger partial charge >= 0.3 is 0 Å². The van der Waals surface area contributed by atoms with Gasteiger partial charge in [-0.25, -0.2) is 4.98 Å². The molecule has 6 nitrogen and oxygen atoms in total. The van der Waals surface area contributed by atoms with E-state index in [1.807, 2.05) is 0 Å². The Balaban J connectivity index is 2.10. The molecule has 0 spiro atoms. The van der Waals surface area contributed by atoms with E-state index in [1.165, 1.54) is 11.3 Å². The number of thiazole rings is 1. The van der Waals surface area contributed by atoms with Crippen LogP contribution in [0.5, 0.6) is 0 Å². The van der Waals surface area contributed by atoms with Crippen molar-refractivity contribution in [2.24, 2.45) is 0 Å². The molecule has 0 bridgehead atoms. The molecule has 0 aromatic carbocycles. The monoisotopic (exact) mass is 224 g/mol. The van der Waals surface area contributed by atoms with Crippen LogP contribution in [0.15, 0.2) is 16.0 Å². The second kappa shape index (κ2) is 3.70. The van der Waals surface area contributed by atoms with E-state index in [-0.39, 0.29) is 11.6 Å². The van der Waals surface area contributed by atoms with E-state index in [4.69, 9.17) is 10.3 Å². The zero-order valence-electron chi connectivity index (χ0n) is 7.85. The quantitative estimate of drug-likeness (QED) is 0.801. The summed E-state index contributed by atoms with van der Waals surface area (Å²) in [4.78, 5) is 15.4. The van der Waals surface area contributed by atoms with Crippen molar-refractivity contribution < 1.29 is 9.32 Å². The van der Waals surface area contributed by atoms with E-state index >= 15 is 0 Å². The molecule has 2 heterocycles. The molecule has 2 rings (SSSR count). The van der Waals surface area contributed by atoms with E-state index in [1.54, 1.807) is 18.4 Å². The number of nitrogens with two attached hydrogens (primary N) is 1. The van der Waals surface area contributed by atoms with E-state index in [0.29, 0.717) is 16.7 Å². The third-order valence-corrected chi connectivity index (χ3v) is 2.30. The first kappa shape index (κ1) is 9.66. The summed E-state index contributed by atoms with van der Waals surface area (Å²) in [5, 5.41) is 8.10. The number of carbonyl (C=O) groups is 1. The third-order valence-electron chi connectivity index (χ3n) is 1.62. The maximum absolute atomic E-state index is 11.5. The first-order valence-electron chi connectivity index (χ1n) is 4.11. The van der Waals surface area contributed by atoms with Crippen molar-refractivity contribution in [1.29, 1.82) is 0 Å². The fourth-order valence-corrected chi connectivity index (χ4v) is 1.54. The van der Waals surface area contributed by atoms with Crippen LogP contribution in [0.3, 0.4) is 0 Å². The van der Waals surface area contributed by atoms with Gasteiger partial charge in [-0.15, -0.1) is 11.3 Å². The molecule has 7 heteroatoms. The van der Waals surface area contributed by atoms with Crippen LogP contribution in [0.4, 0.5) is 10.9 Å². The van der Waals surface area contributed by atoms with Crippen molar-refractivity contribution >= 4 is 28.2 Å². The Morgan fingerprint density at radius 2 is 2.47 bits per heavy atom. The highest BCUT2D eigenvalue weighted by atomic mass is 32.1. The molecule has 0 atom stereocenters. The van der Waals surface area contributed by atoms with Crippen molar-refractivity contribution in [1.82, 2.24) is 10.1 Å². The van der Waals surface area contributed by atoms with Crippen LogP contribution in [0, 0.1) is 6.92 Å². The molecule has 0 radical (unpaired) electrons. The molecule has 0 unspecified atom stereocenters. The Labute approximate surface area is 89.1 Å². The van der Waals surface area contributed by atoms with Gasteiger partial charge in [0.15, 0.2) is 10.9 Å². The summed E-state index contributed by atoms with van der Waals surface area (Å²) in [5.74, 6) is 0.642. The minimum atomic E-state index is -0.351. The Hall–Kier alpha value is -1.89. The van der Waals surface area contributed by atoms with Crippen LogP contribution in [-0.2, 0) is 0 Å². The molecule has 2 aromatic rings. The fourth-order valence-electron chi connectivity index (χ4n) is 0.998. The summed E-state index contributed by atoms with van der Waals surface area (Å²) in [6.45, 7) is 1.74. The predicted molar refractivity (Wildman–Crippen MR) is 55.7 cm³/mol. The van der Waals surface area contributed by atoms with Gasteiger partial charge in [0.2, 0.25) is 0 Å². The van der Waals surface area contributed by atoms with E-state index < -0.39 is 0 Å². The van der Waals surface area contributed by atoms with Crippen molar-refractivity contribution in [3.8, 4) is 0 Å². The SMILES string of the molecule is Cc1cc(NC(=O)c2csc(N)n2)no1. The van der Waals surface area contributed by atoms with Gasteiger partial charge in [-0.05, 0) is 6.92 Å². The number of amides is 1. The number of rotatable bonds is 2. The molecular weight excluding hydrogens is 216 g/mol. The lowest BCUT2D eigenvalue weighted by molar-refractivity contribution is 0.102. The zero-order valence-corrected chi connectivity index (χ0v) is 8.67. The second-order valence-corrected chi connectivity index (χ2v) is 3.74. The molecule has 3 N–H and O–H groups in total.